The fraction of sp³-hybridized carbons (Fsp3) is 0. The summed E-state index contributed by atoms with van der Waals surface area (Å²) in [6.45, 7) is 0. The Morgan fingerprint density at radius 2 is 1.07 bits per heavy atom. The zero-order valence-corrected chi connectivity index (χ0v) is 22.6. The van der Waals surface area contributed by atoms with E-state index in [1.54, 1.807) is 42.5 Å². The topological polar surface area (TPSA) is 13.1 Å². The fourth-order valence-electron chi connectivity index (χ4n) is 6.29. The molecule has 0 aliphatic carbocycles. The number of hydrogen-bond acceptors (Lipinski definition) is 1. The van der Waals surface area contributed by atoms with Crippen molar-refractivity contribution in [2.24, 2.45) is 0 Å². The van der Waals surface area contributed by atoms with Gasteiger partial charge in [-0.2, -0.15) is 0 Å². The van der Waals surface area contributed by atoms with E-state index in [2.05, 4.69) is 0 Å². The monoisotopic (exact) mass is 557 g/mol. The molecule has 1 aromatic heterocycles. The number of furan rings is 1. The SMILES string of the molecule is [2H]c1cc2c(-c3cccc(-c4c([2H])c([2H])c([2H])c5c4oc4c([2H])c([2H])c([2H])c([2H])c45)c3)c3cc([2H])c([2H])cc3c(-c3cccc4ccccc34)c2cc1[2H]. The van der Waals surface area contributed by atoms with Crippen molar-refractivity contribution in [1.29, 1.82) is 0 Å². The molecule has 200 valence electrons. The van der Waals surface area contributed by atoms with Crippen LogP contribution in [-0.2, 0) is 0 Å². The minimum absolute atomic E-state index is 0.00596. The van der Waals surface area contributed by atoms with Gasteiger partial charge >= 0.3 is 0 Å². The summed E-state index contributed by atoms with van der Waals surface area (Å²) in [4.78, 5) is 0. The Kier molecular flexibility index (Phi) is 3.41. The van der Waals surface area contributed by atoms with Gasteiger partial charge in [-0.15, -0.1) is 0 Å². The third-order valence-electron chi connectivity index (χ3n) is 8.13. The summed E-state index contributed by atoms with van der Waals surface area (Å²) in [6, 6.07) is 24.7. The lowest BCUT2D eigenvalue weighted by Crippen LogP contribution is -1.92. The van der Waals surface area contributed by atoms with E-state index < -0.39 is 30.2 Å². The van der Waals surface area contributed by atoms with E-state index in [1.807, 2.05) is 48.5 Å². The summed E-state index contributed by atoms with van der Waals surface area (Å²) >= 11 is 0. The first-order valence-electron chi connectivity index (χ1n) is 19.4. The van der Waals surface area contributed by atoms with Crippen molar-refractivity contribution in [2.75, 3.05) is 0 Å². The van der Waals surface area contributed by atoms with E-state index in [1.165, 1.54) is 0 Å². The van der Waals surface area contributed by atoms with Crippen molar-refractivity contribution >= 4 is 54.3 Å². The lowest BCUT2D eigenvalue weighted by atomic mass is 9.84. The van der Waals surface area contributed by atoms with Crippen LogP contribution < -0.4 is 0 Å². The van der Waals surface area contributed by atoms with Crippen molar-refractivity contribution in [1.82, 2.24) is 0 Å². The van der Waals surface area contributed by atoms with Crippen molar-refractivity contribution in [3.05, 3.63) is 157 Å². The van der Waals surface area contributed by atoms with E-state index in [4.69, 9.17) is 19.5 Å². The number of fused-ring (bicyclic) bond motifs is 6. The van der Waals surface area contributed by atoms with Crippen molar-refractivity contribution in [2.45, 2.75) is 0 Å². The van der Waals surface area contributed by atoms with Gasteiger partial charge in [0, 0.05) is 16.3 Å². The highest BCUT2D eigenvalue weighted by atomic mass is 16.3. The summed E-state index contributed by atoms with van der Waals surface area (Å²) in [5.41, 5.74) is 3.23. The van der Waals surface area contributed by atoms with Gasteiger partial charge in [0.1, 0.15) is 11.2 Å². The molecule has 9 aromatic rings. The van der Waals surface area contributed by atoms with Crippen LogP contribution in [0.2, 0.25) is 0 Å². The molecule has 0 radical (unpaired) electrons. The smallest absolute Gasteiger partial charge is 0.143 e. The van der Waals surface area contributed by atoms with Gasteiger partial charge in [-0.3, -0.25) is 0 Å². The minimum Gasteiger partial charge on any atom is -0.455 e. The molecule has 0 saturated heterocycles. The lowest BCUT2D eigenvalue weighted by molar-refractivity contribution is 0.670. The lowest BCUT2D eigenvalue weighted by Gasteiger charge is -2.19. The minimum atomic E-state index is -0.501. The summed E-state index contributed by atoms with van der Waals surface area (Å²) in [6.07, 6.45) is 0. The van der Waals surface area contributed by atoms with Gasteiger partial charge in [-0.25, -0.2) is 0 Å². The van der Waals surface area contributed by atoms with E-state index in [9.17, 15) is 0 Å². The number of hydrogen-bond donors (Lipinski definition) is 0. The highest BCUT2D eigenvalue weighted by molar-refractivity contribution is 6.23. The van der Waals surface area contributed by atoms with Crippen LogP contribution in [0.3, 0.4) is 0 Å². The first-order valence-corrected chi connectivity index (χ1v) is 13.9. The Bertz CT molecular complexity index is 3060. The largest absolute Gasteiger partial charge is 0.455 e. The molecule has 1 nitrogen and oxygen atoms in total. The molecule has 0 spiro atoms. The zero-order chi connectivity index (χ0) is 37.9. The molecule has 1 heteroatoms. The second kappa shape index (κ2) is 9.44. The second-order valence-corrected chi connectivity index (χ2v) is 10.4. The van der Waals surface area contributed by atoms with Gasteiger partial charge in [-0.05, 0) is 72.2 Å². The fourth-order valence-corrected chi connectivity index (χ4v) is 6.29. The maximum Gasteiger partial charge on any atom is 0.143 e. The molecule has 0 atom stereocenters. The highest BCUT2D eigenvalue weighted by Crippen LogP contribution is 2.46. The number of para-hydroxylation sites is 2. The van der Waals surface area contributed by atoms with Crippen LogP contribution in [-0.4, -0.2) is 0 Å². The van der Waals surface area contributed by atoms with Gasteiger partial charge in [0.15, 0.2) is 0 Å². The Labute approximate surface area is 264 Å². The predicted molar refractivity (Wildman–Crippen MR) is 183 cm³/mol. The van der Waals surface area contributed by atoms with Crippen molar-refractivity contribution in [3.8, 4) is 33.4 Å². The average molecular weight is 558 g/mol. The normalized spacial score (nSPS) is 15.3. The van der Waals surface area contributed by atoms with Crippen LogP contribution in [0, 0.1) is 0 Å². The van der Waals surface area contributed by atoms with Crippen molar-refractivity contribution < 1.29 is 19.5 Å². The molecule has 1 heterocycles. The molecule has 0 bridgehead atoms. The Balaban J connectivity index is 1.41. The average Bonchev–Trinajstić information content (AvgIpc) is 3.56. The summed E-state index contributed by atoms with van der Waals surface area (Å²) in [7, 11) is 0. The van der Waals surface area contributed by atoms with Crippen LogP contribution in [0.4, 0.5) is 0 Å². The molecule has 0 N–H and O–H groups in total. The summed E-state index contributed by atoms with van der Waals surface area (Å²) in [5.74, 6) is 0. The first kappa shape index (κ1) is 15.5. The summed E-state index contributed by atoms with van der Waals surface area (Å²) < 4.78 is 101. The van der Waals surface area contributed by atoms with Crippen LogP contribution in [0.15, 0.2) is 162 Å². The van der Waals surface area contributed by atoms with Gasteiger partial charge in [0.05, 0.1) is 15.1 Å². The molecule has 0 saturated carbocycles. The van der Waals surface area contributed by atoms with Gasteiger partial charge in [0.2, 0.25) is 0 Å². The van der Waals surface area contributed by atoms with E-state index in [0.717, 1.165) is 21.9 Å². The quantitative estimate of drug-likeness (QED) is 0.197. The van der Waals surface area contributed by atoms with Crippen molar-refractivity contribution in [3.63, 3.8) is 0 Å². The molecular weight excluding hydrogens is 520 g/mol. The first-order chi connectivity index (χ1) is 25.9. The van der Waals surface area contributed by atoms with Crippen LogP contribution >= 0.6 is 0 Å². The molecule has 0 fully saturated rings. The van der Waals surface area contributed by atoms with E-state index in [-0.39, 0.29) is 63.8 Å². The molecule has 43 heavy (non-hydrogen) atoms. The second-order valence-electron chi connectivity index (χ2n) is 10.4. The third kappa shape index (κ3) is 3.65. The van der Waals surface area contributed by atoms with Crippen LogP contribution in [0.25, 0.3) is 87.6 Å². The summed E-state index contributed by atoms with van der Waals surface area (Å²) in [5, 5.41) is 4.56. The van der Waals surface area contributed by atoms with Gasteiger partial charge in [-0.1, -0.05) is 145 Å². The standard InChI is InChI=1S/C42H26O/c1-2-16-30-27(12-1)13-10-23-33(30)41-36-20-5-3-18-34(36)40(35-19-4-6-21-37(35)41)29-15-9-14-28(26-29)31-22-11-24-38-32-17-7-8-25-39(32)43-42(31)38/h1-26H/i3D,4D,5D,6D,7D,8D,11D,17D,22D,24D,25D. The molecule has 9 rings (SSSR count). The maximum absolute atomic E-state index is 9.02. The predicted octanol–water partition coefficient (Wildman–Crippen LogP) is 12.0. The van der Waals surface area contributed by atoms with Crippen LogP contribution in [0.5, 0.6) is 0 Å². The molecule has 0 amide bonds. The third-order valence-corrected chi connectivity index (χ3v) is 8.13. The molecule has 8 aromatic carbocycles. The van der Waals surface area contributed by atoms with E-state index in [0.29, 0.717) is 38.2 Å². The van der Waals surface area contributed by atoms with E-state index >= 15 is 0 Å². The Morgan fingerprint density at radius 1 is 0.419 bits per heavy atom. The van der Waals surface area contributed by atoms with Gasteiger partial charge in [0.25, 0.3) is 0 Å². The number of benzene rings is 8. The molecule has 0 aliphatic rings. The number of rotatable bonds is 3. The Morgan fingerprint density at radius 3 is 1.88 bits per heavy atom. The molecule has 0 unspecified atom stereocenters. The Hall–Kier alpha value is -5.66. The van der Waals surface area contributed by atoms with Gasteiger partial charge < -0.3 is 4.42 Å². The van der Waals surface area contributed by atoms with Crippen LogP contribution in [0.1, 0.15) is 15.1 Å². The molecular formula is C42H26O. The molecule has 0 aliphatic heterocycles. The highest BCUT2D eigenvalue weighted by Gasteiger charge is 2.19. The zero-order valence-electron chi connectivity index (χ0n) is 33.6. The maximum atomic E-state index is 9.02.